The van der Waals surface area contributed by atoms with Crippen molar-refractivity contribution < 1.29 is 22.7 Å². The van der Waals surface area contributed by atoms with Gasteiger partial charge in [0.05, 0.1) is 0 Å². The molecule has 2 aromatic carbocycles. The third-order valence-corrected chi connectivity index (χ3v) is 28.8. The summed E-state index contributed by atoms with van der Waals surface area (Å²) in [6.07, 6.45) is 119. The van der Waals surface area contributed by atoms with Crippen molar-refractivity contribution in [3.8, 4) is 0 Å². The number of hydrogen-bond donors (Lipinski definition) is 0. The van der Waals surface area contributed by atoms with Crippen LogP contribution in [0.15, 0.2) is 35.4 Å². The maximum absolute atomic E-state index is 12.8. The van der Waals surface area contributed by atoms with Crippen molar-refractivity contribution in [2.45, 2.75) is 625 Å². The van der Waals surface area contributed by atoms with E-state index in [9.17, 15) is 5.53 Å². The van der Waals surface area contributed by atoms with Crippen molar-refractivity contribution in [2.24, 2.45) is 0 Å². The van der Waals surface area contributed by atoms with E-state index in [4.69, 9.17) is 0 Å². The zero-order valence-corrected chi connectivity index (χ0v) is 82.6. The van der Waals surface area contributed by atoms with E-state index >= 15 is 0 Å². The second kappa shape index (κ2) is 85.4. The molecule has 0 fully saturated rings. The Kier molecular flexibility index (Phi) is 81.1. The summed E-state index contributed by atoms with van der Waals surface area (Å²) in [6, 6.07) is 10.2. The van der Waals surface area contributed by atoms with Crippen LogP contribution in [0.2, 0.25) is 9.79 Å². The fraction of sp³-hybridized carbons (Fsp3) is 0.858. The molecule has 0 spiro atoms. The smallest absolute Gasteiger partial charge is 0.493 e. The van der Waals surface area contributed by atoms with Gasteiger partial charge in [-0.05, 0) is 154 Å². The maximum atomic E-state index is 12.8. The Hall–Kier alpha value is -1.82. The molecule has 0 bridgehead atoms. The Morgan fingerprint density at radius 1 is 0.198 bits per heavy atom. The van der Waals surface area contributed by atoms with Crippen molar-refractivity contribution >= 4 is 11.4 Å². The van der Waals surface area contributed by atoms with Crippen molar-refractivity contribution in [1.82, 2.24) is 0 Å². The fourth-order valence-corrected chi connectivity index (χ4v) is 20.8. The Balaban J connectivity index is 0.000000788. The number of aryl methyl sites for hydroxylation is 4. The van der Waals surface area contributed by atoms with Gasteiger partial charge >= 0.3 is 169 Å². The minimum atomic E-state index is 1.01. The fourth-order valence-electron chi connectivity index (χ4n) is 18.9. The molecule has 116 heavy (non-hydrogen) atoms. The molecule has 3 rings (SSSR count). The molecule has 2 aromatic rings. The molecule has 0 atom stereocenters. The van der Waals surface area contributed by atoms with Gasteiger partial charge in [0.25, 0.3) is 0 Å². The Bertz CT molecular complexity index is 2390. The Morgan fingerprint density at radius 3 is 0.578 bits per heavy atom. The van der Waals surface area contributed by atoms with Crippen LogP contribution in [-0.4, -0.2) is 4.70 Å². The van der Waals surface area contributed by atoms with Gasteiger partial charge in [-0.25, -0.2) is 4.70 Å². The van der Waals surface area contributed by atoms with Crippen LogP contribution < -0.4 is 0 Å². The summed E-state index contributed by atoms with van der Waals surface area (Å²) in [5, 5.41) is 0. The second-order valence-electron chi connectivity index (χ2n) is 37.8. The molecule has 0 radical (unpaired) electrons. The van der Waals surface area contributed by atoms with Crippen molar-refractivity contribution in [2.75, 3.05) is 0 Å². The minimum Gasteiger partial charge on any atom is -0.493 e. The number of allylic oxidation sites excluding steroid dienone is 2. The van der Waals surface area contributed by atoms with Crippen LogP contribution >= 0.6 is 0 Å². The van der Waals surface area contributed by atoms with E-state index in [2.05, 4.69) is 93.5 Å². The predicted octanol–water partition coefficient (Wildman–Crippen LogP) is 41.0. The molecule has 0 saturated heterocycles. The average molecular weight is 1700 g/mol. The molecule has 1 aliphatic rings. The van der Waals surface area contributed by atoms with Gasteiger partial charge in [-0.1, -0.05) is 377 Å². The SMILES string of the molecule is CCCCCCCCCCCCCCCCCCCCCCCCCCC[CH2][Pd][CH2]CCCCCCCCCCCCCCCCCCCCCCCCCCC.CCCCCCc1cc(C2=C(C)C(CCCC)=C(c3cc(CCCCCC)c(CCCCCC)c(CCCCCC)c3)[N+]2=[N-])cc(CCCCCC)c1CCCCCC. The second-order valence-corrected chi connectivity index (χ2v) is 40.1. The number of unbranched alkanes of at least 4 members (excludes halogenated alkanes) is 69. The summed E-state index contributed by atoms with van der Waals surface area (Å²) in [7, 11) is 0. The van der Waals surface area contributed by atoms with E-state index < -0.39 is 0 Å². The first-order valence-corrected chi connectivity index (χ1v) is 56.2. The summed E-state index contributed by atoms with van der Waals surface area (Å²) < 4.78 is 1.69. The van der Waals surface area contributed by atoms with Gasteiger partial charge in [-0.15, -0.1) is 0 Å². The number of benzene rings is 2. The normalized spacial score (nSPS) is 12.5. The monoisotopic (exact) mass is 1700 g/mol. The van der Waals surface area contributed by atoms with Crippen LogP contribution in [0.5, 0.6) is 0 Å². The van der Waals surface area contributed by atoms with Gasteiger partial charge in [-0.2, -0.15) is 0 Å². The van der Waals surface area contributed by atoms with Crippen molar-refractivity contribution in [3.63, 3.8) is 0 Å². The van der Waals surface area contributed by atoms with Crippen LogP contribution in [0, 0.1) is 0 Å². The molecular weight excluding hydrogens is 1490 g/mol. The molecule has 0 amide bonds. The number of rotatable bonds is 89. The Morgan fingerprint density at radius 2 is 0.371 bits per heavy atom. The summed E-state index contributed by atoms with van der Waals surface area (Å²) in [5.74, 6) is 0. The third kappa shape index (κ3) is 59.9. The van der Waals surface area contributed by atoms with E-state index in [0.717, 1.165) is 74.3 Å². The van der Waals surface area contributed by atoms with Crippen LogP contribution in [-0.2, 0) is 56.5 Å². The van der Waals surface area contributed by atoms with E-state index in [1.165, 1.54) is 523 Å². The molecule has 0 aromatic heterocycles. The molecule has 0 aliphatic carbocycles. The van der Waals surface area contributed by atoms with Gasteiger partial charge in [-0.3, -0.25) is 0 Å². The molecule has 0 saturated carbocycles. The molecule has 3 heteroatoms. The van der Waals surface area contributed by atoms with Gasteiger partial charge < -0.3 is 5.53 Å². The zero-order valence-electron chi connectivity index (χ0n) is 81.0. The molecule has 0 unspecified atom stereocenters. The third-order valence-electron chi connectivity index (χ3n) is 26.6. The summed E-state index contributed by atoms with van der Waals surface area (Å²) in [6.45, 7) is 23.2. The van der Waals surface area contributed by atoms with Gasteiger partial charge in [0.1, 0.15) is 0 Å². The van der Waals surface area contributed by atoms with Crippen molar-refractivity contribution in [3.05, 3.63) is 85.5 Å². The van der Waals surface area contributed by atoms with Crippen LogP contribution in [0.4, 0.5) is 0 Å². The van der Waals surface area contributed by atoms with Gasteiger partial charge in [0.2, 0.25) is 11.4 Å². The molecule has 2 nitrogen and oxygen atoms in total. The minimum absolute atomic E-state index is 1.01. The van der Waals surface area contributed by atoms with Crippen molar-refractivity contribution in [1.29, 1.82) is 0 Å². The van der Waals surface area contributed by atoms with Gasteiger partial charge in [0, 0.05) is 22.3 Å². The van der Waals surface area contributed by atoms with E-state index in [0.29, 0.717) is 0 Å². The quantitative estimate of drug-likeness (QED) is 0.0358. The molecule has 1 heterocycles. The first-order valence-electron chi connectivity index (χ1n) is 54.0. The zero-order chi connectivity index (χ0) is 83.6. The van der Waals surface area contributed by atoms with Gasteiger partial charge in [0.15, 0.2) is 0 Å². The molecule has 1 aliphatic heterocycles. The van der Waals surface area contributed by atoms with Crippen LogP contribution in [0.25, 0.3) is 16.9 Å². The van der Waals surface area contributed by atoms with E-state index in [1.807, 2.05) is 0 Å². The molecule has 680 valence electrons. The van der Waals surface area contributed by atoms with Crippen LogP contribution in [0.1, 0.15) is 621 Å². The van der Waals surface area contributed by atoms with E-state index in [-0.39, 0.29) is 0 Å². The first kappa shape index (κ1) is 110. The summed E-state index contributed by atoms with van der Waals surface area (Å²) in [5.41, 5.74) is 29.6. The molecular formula is C113H208N2Pd. The number of hydrogen-bond acceptors (Lipinski definition) is 0. The topological polar surface area (TPSA) is 25.3 Å². The van der Waals surface area contributed by atoms with E-state index in [1.54, 1.807) is 47.9 Å². The standard InChI is InChI=1S/C57H94N2.2C28H57.Pd/c1-9-16-23-29-35-47-42-51(43-48(36-30-24-17-10-2)54(47)40-33-27-20-13-5)56-46(8)53(39-22-15-7)57(59(56)58)52-44-49(37-31-25-18-11-3)55(41-34-28-21-14-6)50(45-52)38-32-26-19-12-4;2*1-3-5-7-9-11-13-15-17-19-21-23-25-27-28-26-24-22-20-18-16-14-12-10-8-6-4-2;/h42-45H,9-41H2,1-8H3;2*1,3-28H2,2H3;. The Labute approximate surface area is 739 Å². The molecule has 0 N–H and O–H groups in total. The summed E-state index contributed by atoms with van der Waals surface area (Å²) in [4.78, 5) is 3.10. The predicted molar refractivity (Wildman–Crippen MR) is 524 cm³/mol. The average Bonchev–Trinajstić information content (AvgIpc) is 1.59. The number of nitrogens with zero attached hydrogens (tertiary/aromatic N) is 2. The van der Waals surface area contributed by atoms with Crippen LogP contribution in [0.3, 0.4) is 0 Å². The first-order chi connectivity index (χ1) is 57.3. The summed E-state index contributed by atoms with van der Waals surface area (Å²) >= 11 is 1.05.